The van der Waals surface area contributed by atoms with Gasteiger partial charge in [0.05, 0.1) is 0 Å². The molecule has 0 saturated carbocycles. The molecule has 0 saturated heterocycles. The van der Waals surface area contributed by atoms with E-state index in [4.69, 9.17) is 5.73 Å². The van der Waals surface area contributed by atoms with E-state index < -0.39 is 6.03 Å². The number of benzene rings is 1. The highest BCUT2D eigenvalue weighted by Crippen LogP contribution is 2.06. The molecule has 0 aliphatic carbocycles. The van der Waals surface area contributed by atoms with E-state index in [-0.39, 0.29) is 0 Å². The number of urea groups is 1. The molecule has 3 heteroatoms. The highest BCUT2D eigenvalue weighted by atomic mass is 16.2. The van der Waals surface area contributed by atoms with E-state index in [0.29, 0.717) is 6.54 Å². The minimum absolute atomic E-state index is 0.464. The molecule has 0 bridgehead atoms. The Bertz CT molecular complexity index is 297. The number of aryl methyl sites for hydroxylation is 1. The van der Waals surface area contributed by atoms with Crippen molar-refractivity contribution >= 4 is 6.03 Å². The van der Waals surface area contributed by atoms with Crippen LogP contribution >= 0.6 is 0 Å². The van der Waals surface area contributed by atoms with Crippen LogP contribution < -0.4 is 11.1 Å². The van der Waals surface area contributed by atoms with Gasteiger partial charge in [0.25, 0.3) is 0 Å². The molecule has 13 heavy (non-hydrogen) atoms. The van der Waals surface area contributed by atoms with Crippen LogP contribution in [-0.2, 0) is 6.42 Å². The lowest BCUT2D eigenvalue weighted by Gasteiger charge is -2.04. The first-order valence-electron chi connectivity index (χ1n) is 4.28. The van der Waals surface area contributed by atoms with Crippen molar-refractivity contribution in [2.75, 3.05) is 6.54 Å². The van der Waals surface area contributed by atoms with Crippen LogP contribution in [0, 0.1) is 6.92 Å². The zero-order valence-electron chi connectivity index (χ0n) is 7.71. The SMILES string of the molecule is Cc1ccccc1CCNC(N)=O. The monoisotopic (exact) mass is 178 g/mol. The Balaban J connectivity index is 2.45. The highest BCUT2D eigenvalue weighted by Gasteiger charge is 1.96. The van der Waals surface area contributed by atoms with E-state index in [1.54, 1.807) is 0 Å². The third kappa shape index (κ3) is 3.15. The molecule has 0 aliphatic rings. The normalized spacial score (nSPS) is 9.62. The highest BCUT2D eigenvalue weighted by molar-refractivity contribution is 5.71. The van der Waals surface area contributed by atoms with Gasteiger partial charge >= 0.3 is 6.03 Å². The Labute approximate surface area is 77.9 Å². The van der Waals surface area contributed by atoms with E-state index in [0.717, 1.165) is 6.42 Å². The zero-order chi connectivity index (χ0) is 9.68. The molecule has 0 aromatic heterocycles. The molecule has 0 aliphatic heterocycles. The molecule has 0 heterocycles. The van der Waals surface area contributed by atoms with Crippen LogP contribution in [0.25, 0.3) is 0 Å². The maximum Gasteiger partial charge on any atom is 0.312 e. The quantitative estimate of drug-likeness (QED) is 0.718. The lowest BCUT2D eigenvalue weighted by atomic mass is 10.1. The molecular weight excluding hydrogens is 164 g/mol. The van der Waals surface area contributed by atoms with Crippen molar-refractivity contribution in [2.45, 2.75) is 13.3 Å². The van der Waals surface area contributed by atoms with E-state index in [9.17, 15) is 4.79 Å². The Morgan fingerprint density at radius 3 is 2.77 bits per heavy atom. The van der Waals surface area contributed by atoms with Crippen molar-refractivity contribution in [1.82, 2.24) is 5.32 Å². The molecule has 3 nitrogen and oxygen atoms in total. The van der Waals surface area contributed by atoms with Crippen molar-refractivity contribution in [3.05, 3.63) is 35.4 Å². The Morgan fingerprint density at radius 1 is 1.46 bits per heavy atom. The van der Waals surface area contributed by atoms with Crippen LogP contribution in [0.2, 0.25) is 0 Å². The standard InChI is InChI=1S/C10H14N2O/c1-8-4-2-3-5-9(8)6-7-12-10(11)13/h2-5H,6-7H2,1H3,(H3,11,12,13). The molecule has 2 amide bonds. The number of hydrogen-bond donors (Lipinski definition) is 2. The second-order valence-electron chi connectivity index (χ2n) is 2.97. The first-order valence-corrected chi connectivity index (χ1v) is 4.28. The lowest BCUT2D eigenvalue weighted by Crippen LogP contribution is -2.31. The number of carbonyl (C=O) groups is 1. The number of amides is 2. The van der Waals surface area contributed by atoms with Crippen LogP contribution in [0.15, 0.2) is 24.3 Å². The van der Waals surface area contributed by atoms with Gasteiger partial charge in [-0.3, -0.25) is 0 Å². The van der Waals surface area contributed by atoms with Gasteiger partial charge in [-0.15, -0.1) is 0 Å². The van der Waals surface area contributed by atoms with Crippen molar-refractivity contribution in [3.8, 4) is 0 Å². The van der Waals surface area contributed by atoms with E-state index >= 15 is 0 Å². The molecule has 1 aromatic carbocycles. The molecule has 0 fully saturated rings. The summed E-state index contributed by atoms with van der Waals surface area (Å²) in [5.74, 6) is 0. The maximum atomic E-state index is 10.4. The van der Waals surface area contributed by atoms with Crippen molar-refractivity contribution in [3.63, 3.8) is 0 Å². The van der Waals surface area contributed by atoms with Crippen LogP contribution in [0.5, 0.6) is 0 Å². The third-order valence-corrected chi connectivity index (χ3v) is 1.95. The Kier molecular flexibility index (Phi) is 3.31. The number of rotatable bonds is 3. The van der Waals surface area contributed by atoms with Crippen LogP contribution in [0.3, 0.4) is 0 Å². The number of hydrogen-bond acceptors (Lipinski definition) is 1. The molecule has 70 valence electrons. The van der Waals surface area contributed by atoms with Gasteiger partial charge in [0, 0.05) is 6.54 Å². The summed E-state index contributed by atoms with van der Waals surface area (Å²) in [6.45, 7) is 2.65. The van der Waals surface area contributed by atoms with Crippen LogP contribution in [-0.4, -0.2) is 12.6 Å². The van der Waals surface area contributed by atoms with Crippen LogP contribution in [0.4, 0.5) is 4.79 Å². The summed E-state index contributed by atoms with van der Waals surface area (Å²) in [6.07, 6.45) is 0.829. The number of nitrogens with two attached hydrogens (primary N) is 1. The summed E-state index contributed by atoms with van der Waals surface area (Å²) in [7, 11) is 0. The van der Waals surface area contributed by atoms with Gasteiger partial charge in [0.15, 0.2) is 0 Å². The smallest absolute Gasteiger partial charge is 0.312 e. The van der Waals surface area contributed by atoms with Crippen LogP contribution in [0.1, 0.15) is 11.1 Å². The molecule has 0 radical (unpaired) electrons. The summed E-state index contributed by atoms with van der Waals surface area (Å²) >= 11 is 0. The zero-order valence-corrected chi connectivity index (χ0v) is 7.71. The number of nitrogens with one attached hydrogen (secondary N) is 1. The number of primary amides is 1. The molecule has 0 spiro atoms. The minimum Gasteiger partial charge on any atom is -0.352 e. The Hall–Kier alpha value is -1.51. The molecule has 1 aromatic rings. The largest absolute Gasteiger partial charge is 0.352 e. The van der Waals surface area contributed by atoms with Gasteiger partial charge in [-0.05, 0) is 24.5 Å². The van der Waals surface area contributed by atoms with Crippen molar-refractivity contribution in [2.24, 2.45) is 5.73 Å². The van der Waals surface area contributed by atoms with Gasteiger partial charge < -0.3 is 11.1 Å². The minimum atomic E-state index is -0.464. The Morgan fingerprint density at radius 2 is 2.15 bits per heavy atom. The molecule has 1 rings (SSSR count). The number of carbonyl (C=O) groups excluding carboxylic acids is 1. The summed E-state index contributed by atoms with van der Waals surface area (Å²) in [5, 5.41) is 2.56. The van der Waals surface area contributed by atoms with Gasteiger partial charge in [0.1, 0.15) is 0 Å². The average Bonchev–Trinajstić information content (AvgIpc) is 2.08. The second-order valence-corrected chi connectivity index (χ2v) is 2.97. The average molecular weight is 178 g/mol. The van der Waals surface area contributed by atoms with Crippen molar-refractivity contribution in [1.29, 1.82) is 0 Å². The molecule has 3 N–H and O–H groups in total. The van der Waals surface area contributed by atoms with Gasteiger partial charge in [-0.2, -0.15) is 0 Å². The molecule has 0 unspecified atom stereocenters. The third-order valence-electron chi connectivity index (χ3n) is 1.95. The fourth-order valence-corrected chi connectivity index (χ4v) is 1.21. The van der Waals surface area contributed by atoms with Crippen molar-refractivity contribution < 1.29 is 4.79 Å². The molecule has 0 atom stereocenters. The molecular formula is C10H14N2O. The topological polar surface area (TPSA) is 55.1 Å². The van der Waals surface area contributed by atoms with E-state index in [1.807, 2.05) is 12.1 Å². The first-order chi connectivity index (χ1) is 6.20. The van der Waals surface area contributed by atoms with Gasteiger partial charge in [0.2, 0.25) is 0 Å². The maximum absolute atomic E-state index is 10.4. The van der Waals surface area contributed by atoms with E-state index in [2.05, 4.69) is 24.4 Å². The summed E-state index contributed by atoms with van der Waals surface area (Å²) in [5.41, 5.74) is 7.44. The summed E-state index contributed by atoms with van der Waals surface area (Å²) < 4.78 is 0. The second kappa shape index (κ2) is 4.50. The lowest BCUT2D eigenvalue weighted by molar-refractivity contribution is 0.249. The summed E-state index contributed by atoms with van der Waals surface area (Å²) in [4.78, 5) is 10.4. The first kappa shape index (κ1) is 9.58. The fourth-order valence-electron chi connectivity index (χ4n) is 1.21. The van der Waals surface area contributed by atoms with Gasteiger partial charge in [-0.25, -0.2) is 4.79 Å². The predicted molar refractivity (Wildman–Crippen MR) is 52.5 cm³/mol. The summed E-state index contributed by atoms with van der Waals surface area (Å²) in [6, 6.07) is 7.64. The predicted octanol–water partition coefficient (Wildman–Crippen LogP) is 1.21. The van der Waals surface area contributed by atoms with Gasteiger partial charge in [-0.1, -0.05) is 24.3 Å². The fraction of sp³-hybridized carbons (Fsp3) is 0.300. The van der Waals surface area contributed by atoms with E-state index in [1.165, 1.54) is 11.1 Å².